The number of hydrazine groups is 1. The molecule has 0 radical (unpaired) electrons. The van der Waals surface area contributed by atoms with Gasteiger partial charge in [0.05, 0.1) is 58.3 Å². The fraction of sp³-hybridized carbons (Fsp3) is 0.449. The number of pyridine rings is 3. The Labute approximate surface area is 492 Å². The molecule has 0 aromatic carbocycles. The summed E-state index contributed by atoms with van der Waals surface area (Å²) in [7, 11) is -0.851. The Morgan fingerprint density at radius 3 is 1.22 bits per heavy atom. The maximum atomic E-state index is 14.0. The van der Waals surface area contributed by atoms with Gasteiger partial charge in [-0.1, -0.05) is 52.9 Å². The smallest absolute Gasteiger partial charge is 0.463 e. The van der Waals surface area contributed by atoms with Crippen LogP contribution in [-0.2, 0) is 9.31 Å². The van der Waals surface area contributed by atoms with E-state index >= 15 is 0 Å². The van der Waals surface area contributed by atoms with Crippen molar-refractivity contribution in [1.29, 1.82) is 11.1 Å². The van der Waals surface area contributed by atoms with Gasteiger partial charge < -0.3 is 28.9 Å². The molecule has 0 bridgehead atoms. The lowest BCUT2D eigenvalue weighted by Crippen LogP contribution is -2.41. The molecule has 0 aliphatic carbocycles. The monoisotopic (exact) mass is 1300 g/mol. The molecule has 18 nitrogen and oxygen atoms in total. The van der Waals surface area contributed by atoms with Gasteiger partial charge in [-0.05, 0) is 103 Å². The fourth-order valence-electron chi connectivity index (χ4n) is 5.63. The van der Waals surface area contributed by atoms with Gasteiger partial charge in [0.25, 0.3) is 17.6 Å². The van der Waals surface area contributed by atoms with Crippen LogP contribution >= 0.6 is 39.1 Å². The Morgan fingerprint density at radius 2 is 0.904 bits per heavy atom. The van der Waals surface area contributed by atoms with E-state index in [-0.39, 0.29) is 52.9 Å². The number of nitrogen functional groups attached to an aromatic ring is 1. The zero-order valence-corrected chi connectivity index (χ0v) is 45.9. The first-order chi connectivity index (χ1) is 36.4. The molecule has 1 aliphatic heterocycles. The van der Waals surface area contributed by atoms with Gasteiger partial charge in [-0.2, -0.15) is 39.5 Å². The molecule has 7 rings (SSSR count). The number of ether oxygens (including phenoxy) is 3. The number of hydrogen-bond donors (Lipinski definition) is 4. The summed E-state index contributed by atoms with van der Waals surface area (Å²) < 4.78 is 179. The lowest BCUT2D eigenvalue weighted by molar-refractivity contribution is -0.190. The van der Waals surface area contributed by atoms with Crippen molar-refractivity contribution in [3.8, 4) is 40.2 Å². The van der Waals surface area contributed by atoms with Crippen molar-refractivity contribution < 1.29 is 77.6 Å². The normalized spacial score (nSPS) is 14.0. The average Bonchev–Trinajstić information content (AvgIpc) is 3.86. The van der Waals surface area contributed by atoms with Gasteiger partial charge in [0.15, 0.2) is 41.6 Å². The van der Waals surface area contributed by atoms with Crippen molar-refractivity contribution in [3.63, 3.8) is 0 Å². The first-order valence-electron chi connectivity index (χ1n) is 22.2. The highest BCUT2D eigenvalue weighted by Crippen LogP contribution is 2.37. The summed E-state index contributed by atoms with van der Waals surface area (Å²) in [5.41, 5.74) is 14.2. The summed E-state index contributed by atoms with van der Waals surface area (Å²) in [4.78, 5) is 34.7. The quantitative estimate of drug-likeness (QED) is 0.0327. The molecule has 1 aliphatic rings. The second-order valence-corrected chi connectivity index (χ2v) is 18.6. The van der Waals surface area contributed by atoms with Gasteiger partial charge in [0.2, 0.25) is 0 Å². The minimum Gasteiger partial charge on any atom is -0.463 e. The zero-order chi connectivity index (χ0) is 60.2. The molecule has 0 saturated carbocycles. The molecule has 0 spiro atoms. The largest absolute Gasteiger partial charge is 0.496 e. The summed E-state index contributed by atoms with van der Waals surface area (Å²) >= 11 is 14.4. The maximum Gasteiger partial charge on any atom is 0.496 e. The van der Waals surface area contributed by atoms with E-state index in [2.05, 4.69) is 80.4 Å². The Morgan fingerprint density at radius 1 is 0.566 bits per heavy atom. The van der Waals surface area contributed by atoms with Crippen LogP contribution in [-0.4, -0.2) is 100 Å². The van der Waals surface area contributed by atoms with Crippen LogP contribution in [0.2, 0.25) is 10.3 Å². The number of rotatable bonds is 10. The van der Waals surface area contributed by atoms with Crippen molar-refractivity contribution >= 4 is 57.5 Å². The van der Waals surface area contributed by atoms with Crippen molar-refractivity contribution in [2.75, 3.05) is 5.43 Å². The Hall–Kier alpha value is -6.35. The van der Waals surface area contributed by atoms with Crippen molar-refractivity contribution in [2.45, 2.75) is 147 Å². The predicted octanol–water partition coefficient (Wildman–Crippen LogP) is 15.0. The van der Waals surface area contributed by atoms with Crippen LogP contribution in [0.3, 0.4) is 0 Å². The minimum atomic E-state index is -4.61. The van der Waals surface area contributed by atoms with Crippen LogP contribution in [0.5, 0.6) is 17.6 Å². The van der Waals surface area contributed by atoms with Gasteiger partial charge in [-0.3, -0.25) is 9.97 Å². The number of nitrogens with two attached hydrogens (primary N) is 1. The minimum absolute atomic E-state index is 0. The van der Waals surface area contributed by atoms with E-state index < -0.39 is 90.3 Å². The lowest BCUT2D eigenvalue weighted by Gasteiger charge is -2.32. The third-order valence-corrected chi connectivity index (χ3v) is 11.8. The highest BCUT2D eigenvalue weighted by Gasteiger charge is 2.52. The molecule has 3 atom stereocenters. The molecule has 0 unspecified atom stereocenters. The van der Waals surface area contributed by atoms with Crippen LogP contribution in [0.1, 0.15) is 96.7 Å². The molecule has 1 saturated heterocycles. The Bertz CT molecular complexity index is 3010. The van der Waals surface area contributed by atoms with Crippen molar-refractivity contribution in [1.82, 2.24) is 44.9 Å². The van der Waals surface area contributed by atoms with E-state index in [0.29, 0.717) is 33.7 Å². The van der Waals surface area contributed by atoms with E-state index in [1.165, 1.54) is 24.8 Å². The summed E-state index contributed by atoms with van der Waals surface area (Å²) in [6, 6.07) is 2.97. The summed E-state index contributed by atoms with van der Waals surface area (Å²) in [6.45, 7) is 14.7. The van der Waals surface area contributed by atoms with E-state index in [1.807, 2.05) is 34.6 Å². The Balaban J connectivity index is -0.00000104. The van der Waals surface area contributed by atoms with Gasteiger partial charge in [-0.25, -0.2) is 65.0 Å². The Kier molecular flexibility index (Phi) is 31.0. The van der Waals surface area contributed by atoms with Crippen molar-refractivity contribution in [3.05, 3.63) is 105 Å². The molecule has 7 heterocycles. The topological polar surface area (TPSA) is 248 Å². The van der Waals surface area contributed by atoms with Crippen LogP contribution in [0.15, 0.2) is 60.0 Å². The summed E-state index contributed by atoms with van der Waals surface area (Å²) in [6.07, 6.45) is -12.7. The predicted molar refractivity (Wildman–Crippen MR) is 295 cm³/mol. The van der Waals surface area contributed by atoms with Gasteiger partial charge in [0, 0.05) is 36.6 Å². The van der Waals surface area contributed by atoms with Gasteiger partial charge in [-0.15, -0.1) is 0 Å². The third kappa shape index (κ3) is 22.6. The first-order valence-corrected chi connectivity index (χ1v) is 23.7. The molecule has 83 heavy (non-hydrogen) atoms. The number of aryl methyl sites for hydroxylation is 3. The number of anilines is 1. The average molecular weight is 1310 g/mol. The SMILES string of the molecule is C.C.C.C.C[C@@H](Oc1ncc(B2OC(C)(C)C(C)(C)O2)cc1F)C(F)(F)F.Cc1nc(Cl)cnc1-c1cnc(O[C@H](C)C(F)(F)F)c(F)c1.Cc1nc(Cl)cnc1Br.Cc1nc(NN)cnc1-c1cnc(O[C@H](C)C(F)(F)F)c(F)c1.N=N.[HH]. The van der Waals surface area contributed by atoms with Crippen LogP contribution in [0, 0.1) is 49.3 Å². The maximum absolute atomic E-state index is 14.0. The molecule has 5 N–H and O–H groups in total. The van der Waals surface area contributed by atoms with Gasteiger partial charge >= 0.3 is 25.6 Å². The van der Waals surface area contributed by atoms with E-state index in [9.17, 15) is 52.7 Å². The highest BCUT2D eigenvalue weighted by molar-refractivity contribution is 9.10. The number of aromatic nitrogens is 9. The number of hydrogen-bond acceptors (Lipinski definition) is 18. The summed E-state index contributed by atoms with van der Waals surface area (Å²) in [5.74, 6) is 0.288. The van der Waals surface area contributed by atoms with E-state index in [0.717, 1.165) is 61.7 Å². The number of nitrogens with zero attached hydrogens (tertiary/aromatic N) is 9. The number of nitrogens with one attached hydrogen (secondary N) is 3. The van der Waals surface area contributed by atoms with Crippen molar-refractivity contribution in [2.24, 2.45) is 5.84 Å². The number of halogens is 15. The lowest BCUT2D eigenvalue weighted by atomic mass is 9.80. The van der Waals surface area contributed by atoms with Crippen LogP contribution in [0.25, 0.3) is 22.5 Å². The second kappa shape index (κ2) is 32.6. The molecule has 6 aromatic heterocycles. The van der Waals surface area contributed by atoms with E-state index in [4.69, 9.17) is 49.4 Å². The standard InChI is InChI=1S/C14H18BF4NO3.C13H10ClF4N3O.C13H13F4N5O.C5H4BrClN2.4CH4.H2N2.H2/c1-8(14(17,18)19)21-11-10(16)6-9(7-20-11)15-22-12(2,3)13(4,5)23-15;1-6-11(19-5-10(14)21-6)8-3-9(15)12(20-4-8)22-7(2)13(16,17)18;1-6-11(19-5-10(21-6)22-18)8-3-9(14)12(20-4-8)23-7(2)13(15,16)17;1-3-5(6)8-2-4(7)9-3;;;;;1-2;/h6-8H,1-5H3;3-5,7H,1-2H3;3-5,7H,18H2,1-2H3,(H,21,22);2H,1H3;4*1H4;1-2H;1H/t8-;2*7-;;;;;;;/m111......./s1. The van der Waals surface area contributed by atoms with Crippen LogP contribution < -0.4 is 30.9 Å². The molecule has 0 amide bonds. The first kappa shape index (κ1) is 78.7. The summed E-state index contributed by atoms with van der Waals surface area (Å²) in [5, 5.41) is 0.601. The molecular formula is C49H65BBrCl2F12N13O5. The molecule has 6 aromatic rings. The zero-order valence-electron chi connectivity index (χ0n) is 42.8. The molecule has 34 heteroatoms. The second-order valence-electron chi connectivity index (χ2n) is 17.1. The van der Waals surface area contributed by atoms with Crippen LogP contribution in [0.4, 0.5) is 58.5 Å². The third-order valence-electron chi connectivity index (χ3n) is 10.6. The molecular weight excluding hydrogens is 1240 g/mol. The van der Waals surface area contributed by atoms with Gasteiger partial charge in [0.1, 0.15) is 14.9 Å². The molecule has 464 valence electrons. The van der Waals surface area contributed by atoms with E-state index in [1.54, 1.807) is 13.8 Å². The fourth-order valence-corrected chi connectivity index (χ4v) is 6.17. The highest BCUT2D eigenvalue weighted by atomic mass is 79.9. The molecule has 1 fully saturated rings. The number of alkyl halides is 9.